The van der Waals surface area contributed by atoms with Crippen LogP contribution in [-0.4, -0.2) is 47.4 Å². The summed E-state index contributed by atoms with van der Waals surface area (Å²) >= 11 is 0. The zero-order valence-corrected chi connectivity index (χ0v) is 12.5. The van der Waals surface area contributed by atoms with Gasteiger partial charge >= 0.3 is 0 Å². The minimum Gasteiger partial charge on any atom is -0.381 e. The van der Waals surface area contributed by atoms with Gasteiger partial charge in [-0.25, -0.2) is 0 Å². The first-order valence-electron chi connectivity index (χ1n) is 7.54. The zero-order valence-electron chi connectivity index (χ0n) is 12.5. The van der Waals surface area contributed by atoms with Crippen LogP contribution in [0.25, 0.3) is 0 Å². The van der Waals surface area contributed by atoms with E-state index >= 15 is 0 Å². The van der Waals surface area contributed by atoms with Gasteiger partial charge in [0.05, 0.1) is 0 Å². The number of likely N-dealkylation sites (N-methyl/N-ethyl adjacent to an activating group) is 1. The zero-order chi connectivity index (χ0) is 14.4. The van der Waals surface area contributed by atoms with E-state index in [0.29, 0.717) is 5.92 Å². The number of aromatic nitrogens is 2. The Morgan fingerprint density at radius 1 is 1.50 bits per heavy atom. The van der Waals surface area contributed by atoms with Crippen molar-refractivity contribution in [1.82, 2.24) is 14.7 Å². The Balaban J connectivity index is 1.84. The molecule has 20 heavy (non-hydrogen) atoms. The van der Waals surface area contributed by atoms with E-state index in [4.69, 9.17) is 4.74 Å². The second-order valence-electron chi connectivity index (χ2n) is 5.51. The van der Waals surface area contributed by atoms with Gasteiger partial charge in [-0.05, 0) is 37.7 Å². The van der Waals surface area contributed by atoms with Crippen LogP contribution in [0.3, 0.4) is 0 Å². The molecule has 112 valence electrons. The maximum atomic E-state index is 12.5. The molecule has 1 amide bonds. The molecule has 1 fully saturated rings. The Hall–Kier alpha value is -1.36. The number of carbonyl (C=O) groups excluding carboxylic acids is 1. The van der Waals surface area contributed by atoms with Gasteiger partial charge in [-0.15, -0.1) is 0 Å². The first-order chi connectivity index (χ1) is 9.72. The van der Waals surface area contributed by atoms with Crippen molar-refractivity contribution in [2.75, 3.05) is 26.8 Å². The number of rotatable bonds is 6. The van der Waals surface area contributed by atoms with Gasteiger partial charge in [0.1, 0.15) is 6.04 Å². The Morgan fingerprint density at radius 3 is 2.85 bits per heavy atom. The number of hydrogen-bond donors (Lipinski definition) is 0. The van der Waals surface area contributed by atoms with Crippen molar-refractivity contribution in [3.8, 4) is 0 Å². The predicted molar refractivity (Wildman–Crippen MR) is 77.4 cm³/mol. The normalized spacial score (nSPS) is 17.9. The molecular formula is C15H25N3O2. The van der Waals surface area contributed by atoms with Gasteiger partial charge in [0.15, 0.2) is 0 Å². The average molecular weight is 279 g/mol. The molecule has 5 heteroatoms. The van der Waals surface area contributed by atoms with Gasteiger partial charge in [0.2, 0.25) is 5.91 Å². The molecule has 1 aliphatic rings. The summed E-state index contributed by atoms with van der Waals surface area (Å²) in [6.45, 7) is 4.58. The highest BCUT2D eigenvalue weighted by Gasteiger charge is 2.23. The van der Waals surface area contributed by atoms with Crippen LogP contribution in [-0.2, 0) is 9.53 Å². The molecule has 1 aromatic rings. The Bertz CT molecular complexity index is 399. The van der Waals surface area contributed by atoms with Gasteiger partial charge in [-0.3, -0.25) is 9.48 Å². The largest absolute Gasteiger partial charge is 0.381 e. The summed E-state index contributed by atoms with van der Waals surface area (Å²) in [4.78, 5) is 14.3. The van der Waals surface area contributed by atoms with Crippen molar-refractivity contribution >= 4 is 5.91 Å². The lowest BCUT2D eigenvalue weighted by molar-refractivity contribution is -0.134. The molecular weight excluding hydrogens is 254 g/mol. The lowest BCUT2D eigenvalue weighted by Crippen LogP contribution is -2.36. The van der Waals surface area contributed by atoms with Crippen molar-refractivity contribution in [2.45, 2.75) is 38.6 Å². The summed E-state index contributed by atoms with van der Waals surface area (Å²) in [6.07, 6.45) is 7.66. The second-order valence-corrected chi connectivity index (χ2v) is 5.51. The third-order valence-corrected chi connectivity index (χ3v) is 4.11. The molecule has 5 nitrogen and oxygen atoms in total. The quantitative estimate of drug-likeness (QED) is 0.801. The Kier molecular flexibility index (Phi) is 5.59. The summed E-state index contributed by atoms with van der Waals surface area (Å²) in [5, 5.41) is 4.19. The van der Waals surface area contributed by atoms with Crippen molar-refractivity contribution in [2.24, 2.45) is 5.92 Å². The molecule has 0 aromatic carbocycles. The van der Waals surface area contributed by atoms with Crippen molar-refractivity contribution in [1.29, 1.82) is 0 Å². The molecule has 1 aliphatic heterocycles. The second kappa shape index (κ2) is 7.43. The fraction of sp³-hybridized carbons (Fsp3) is 0.733. The molecule has 0 bridgehead atoms. The minimum atomic E-state index is -0.176. The van der Waals surface area contributed by atoms with Crippen molar-refractivity contribution in [3.63, 3.8) is 0 Å². The molecule has 0 unspecified atom stereocenters. The summed E-state index contributed by atoms with van der Waals surface area (Å²) < 4.78 is 7.12. The summed E-state index contributed by atoms with van der Waals surface area (Å²) in [6, 6.07) is 1.68. The van der Waals surface area contributed by atoms with Crippen LogP contribution in [0.5, 0.6) is 0 Å². The van der Waals surface area contributed by atoms with Crippen LogP contribution in [0.15, 0.2) is 18.5 Å². The highest BCUT2D eigenvalue weighted by Crippen LogP contribution is 2.20. The Morgan fingerprint density at radius 2 is 2.25 bits per heavy atom. The third-order valence-electron chi connectivity index (χ3n) is 4.11. The summed E-state index contributed by atoms with van der Waals surface area (Å²) in [5.74, 6) is 0.854. The minimum absolute atomic E-state index is 0.156. The lowest BCUT2D eigenvalue weighted by Gasteiger charge is -2.27. The number of amides is 1. The van der Waals surface area contributed by atoms with E-state index in [-0.39, 0.29) is 11.9 Å². The van der Waals surface area contributed by atoms with Crippen LogP contribution in [0.4, 0.5) is 0 Å². The molecule has 2 heterocycles. The Labute approximate surface area is 120 Å². The topological polar surface area (TPSA) is 47.4 Å². The van der Waals surface area contributed by atoms with Gasteiger partial charge in [-0.2, -0.15) is 5.10 Å². The van der Waals surface area contributed by atoms with E-state index in [1.165, 1.54) is 0 Å². The summed E-state index contributed by atoms with van der Waals surface area (Å²) in [5.41, 5.74) is 0. The van der Waals surface area contributed by atoms with E-state index in [1.807, 2.05) is 31.1 Å². The predicted octanol–water partition coefficient (Wildman–Crippen LogP) is 2.11. The number of ether oxygens (including phenoxy) is 1. The average Bonchev–Trinajstić information content (AvgIpc) is 3.00. The molecule has 0 aliphatic carbocycles. The van der Waals surface area contributed by atoms with Gasteiger partial charge < -0.3 is 9.64 Å². The molecule has 0 N–H and O–H groups in total. The van der Waals surface area contributed by atoms with E-state index in [1.54, 1.807) is 10.9 Å². The van der Waals surface area contributed by atoms with Crippen LogP contribution >= 0.6 is 0 Å². The van der Waals surface area contributed by atoms with Crippen LogP contribution in [0.1, 0.15) is 38.6 Å². The van der Waals surface area contributed by atoms with Gasteiger partial charge in [0, 0.05) is 39.2 Å². The molecule has 2 rings (SSSR count). The highest BCUT2D eigenvalue weighted by molar-refractivity contribution is 5.80. The number of nitrogens with zero attached hydrogens (tertiary/aromatic N) is 3. The molecule has 0 radical (unpaired) electrons. The smallest absolute Gasteiger partial charge is 0.247 e. The third kappa shape index (κ3) is 3.82. The number of hydrogen-bond acceptors (Lipinski definition) is 3. The first kappa shape index (κ1) is 15.0. The number of carbonyl (C=O) groups is 1. The summed E-state index contributed by atoms with van der Waals surface area (Å²) in [7, 11) is 1.90. The van der Waals surface area contributed by atoms with Crippen molar-refractivity contribution in [3.05, 3.63) is 18.5 Å². The fourth-order valence-corrected chi connectivity index (χ4v) is 2.72. The van der Waals surface area contributed by atoms with E-state index in [9.17, 15) is 4.79 Å². The monoisotopic (exact) mass is 279 g/mol. The van der Waals surface area contributed by atoms with Gasteiger partial charge in [-0.1, -0.05) is 6.92 Å². The maximum absolute atomic E-state index is 12.5. The van der Waals surface area contributed by atoms with Gasteiger partial charge in [0.25, 0.3) is 0 Å². The first-order valence-corrected chi connectivity index (χ1v) is 7.54. The standard InChI is InChI=1S/C15H25N3O2/c1-3-14(18-9-4-8-16-18)15(19)17(2)10-5-13-6-11-20-12-7-13/h4,8-9,13-14H,3,5-7,10-12H2,1-2H3/t14-/m1/s1. The molecule has 1 saturated heterocycles. The highest BCUT2D eigenvalue weighted by atomic mass is 16.5. The van der Waals surface area contributed by atoms with E-state index in [0.717, 1.165) is 45.4 Å². The molecule has 1 atom stereocenters. The SMILES string of the molecule is CC[C@H](C(=O)N(C)CCC1CCOCC1)n1cccn1. The van der Waals surface area contributed by atoms with E-state index < -0.39 is 0 Å². The fourth-order valence-electron chi connectivity index (χ4n) is 2.72. The van der Waals surface area contributed by atoms with Crippen LogP contribution < -0.4 is 0 Å². The lowest BCUT2D eigenvalue weighted by atomic mass is 9.96. The van der Waals surface area contributed by atoms with Crippen LogP contribution in [0, 0.1) is 5.92 Å². The maximum Gasteiger partial charge on any atom is 0.247 e. The van der Waals surface area contributed by atoms with Crippen LogP contribution in [0.2, 0.25) is 0 Å². The van der Waals surface area contributed by atoms with Crippen molar-refractivity contribution < 1.29 is 9.53 Å². The van der Waals surface area contributed by atoms with E-state index in [2.05, 4.69) is 5.10 Å². The molecule has 1 aromatic heterocycles. The molecule has 0 saturated carbocycles. The molecule has 0 spiro atoms.